The molecule has 2 aromatic rings. The van der Waals surface area contributed by atoms with E-state index in [2.05, 4.69) is 5.32 Å². The van der Waals surface area contributed by atoms with Crippen molar-refractivity contribution in [2.75, 3.05) is 18.4 Å². The van der Waals surface area contributed by atoms with Gasteiger partial charge in [0.1, 0.15) is 0 Å². The molecule has 0 spiro atoms. The minimum absolute atomic E-state index is 0.163. The zero-order valence-electron chi connectivity index (χ0n) is 15.7. The number of sulfonamides is 1. The number of carbonyl (C=O) groups excluding carboxylic acids is 2. The molecule has 1 heterocycles. The smallest absolute Gasteiger partial charge is 0.248 e. The fourth-order valence-electron chi connectivity index (χ4n) is 3.29. The van der Waals surface area contributed by atoms with E-state index in [-0.39, 0.29) is 30.7 Å². The van der Waals surface area contributed by atoms with E-state index in [1.807, 2.05) is 0 Å². The number of hydrogen-bond donors (Lipinski definition) is 2. The third-order valence-corrected chi connectivity index (χ3v) is 7.12. The van der Waals surface area contributed by atoms with Crippen molar-refractivity contribution >= 4 is 39.1 Å². The summed E-state index contributed by atoms with van der Waals surface area (Å²) in [6, 6.07) is 13.3. The number of nitrogens with one attached hydrogen (secondary N) is 1. The highest BCUT2D eigenvalue weighted by Crippen LogP contribution is 2.25. The first-order valence-electron chi connectivity index (χ1n) is 9.18. The van der Waals surface area contributed by atoms with Crippen LogP contribution in [0.3, 0.4) is 0 Å². The Morgan fingerprint density at radius 1 is 1.10 bits per heavy atom. The Morgan fingerprint density at radius 3 is 2.45 bits per heavy atom. The molecule has 2 aromatic carbocycles. The molecule has 0 bridgehead atoms. The number of hydrogen-bond acceptors (Lipinski definition) is 4. The monoisotopic (exact) mass is 435 g/mol. The average molecular weight is 436 g/mol. The molecule has 3 N–H and O–H groups in total. The quantitative estimate of drug-likeness (QED) is 0.726. The molecule has 9 heteroatoms. The molecule has 2 amide bonds. The molecule has 0 aromatic heterocycles. The van der Waals surface area contributed by atoms with Crippen LogP contribution in [0.5, 0.6) is 0 Å². The van der Waals surface area contributed by atoms with Crippen LogP contribution in [-0.4, -0.2) is 37.6 Å². The van der Waals surface area contributed by atoms with Crippen molar-refractivity contribution in [2.45, 2.75) is 18.6 Å². The maximum absolute atomic E-state index is 12.7. The van der Waals surface area contributed by atoms with E-state index in [0.717, 1.165) is 0 Å². The molecule has 1 aliphatic heterocycles. The third-order valence-electron chi connectivity index (χ3n) is 4.93. The van der Waals surface area contributed by atoms with Crippen molar-refractivity contribution in [3.8, 4) is 0 Å². The minimum atomic E-state index is -3.52. The summed E-state index contributed by atoms with van der Waals surface area (Å²) in [5.41, 5.74) is 6.61. The second kappa shape index (κ2) is 8.94. The van der Waals surface area contributed by atoms with Gasteiger partial charge in [0.2, 0.25) is 21.8 Å². The fraction of sp³-hybridized carbons (Fsp3) is 0.300. The van der Waals surface area contributed by atoms with Crippen LogP contribution in [0.25, 0.3) is 0 Å². The molecule has 0 aliphatic carbocycles. The van der Waals surface area contributed by atoms with Crippen LogP contribution in [0.1, 0.15) is 28.8 Å². The van der Waals surface area contributed by atoms with Gasteiger partial charge in [-0.25, -0.2) is 12.7 Å². The minimum Gasteiger partial charge on any atom is -0.366 e. The Balaban J connectivity index is 1.58. The summed E-state index contributed by atoms with van der Waals surface area (Å²) in [6.07, 6.45) is 0.839. The molecular weight excluding hydrogens is 414 g/mol. The van der Waals surface area contributed by atoms with Crippen LogP contribution >= 0.6 is 11.6 Å². The van der Waals surface area contributed by atoms with Crippen molar-refractivity contribution in [1.29, 1.82) is 0 Å². The largest absolute Gasteiger partial charge is 0.366 e. The van der Waals surface area contributed by atoms with Crippen molar-refractivity contribution in [3.63, 3.8) is 0 Å². The van der Waals surface area contributed by atoms with Gasteiger partial charge in [-0.3, -0.25) is 9.59 Å². The summed E-state index contributed by atoms with van der Waals surface area (Å²) in [6.45, 7) is 0.540. The molecule has 0 saturated carbocycles. The van der Waals surface area contributed by atoms with Gasteiger partial charge in [-0.15, -0.1) is 0 Å². The summed E-state index contributed by atoms with van der Waals surface area (Å²) in [4.78, 5) is 23.8. The second-order valence-corrected chi connectivity index (χ2v) is 9.33. The first-order chi connectivity index (χ1) is 13.8. The zero-order chi connectivity index (χ0) is 21.0. The SMILES string of the molecule is NC(=O)c1cccc(NC(=O)C2CCN(S(=O)(=O)Cc3ccccc3Cl)CC2)c1. The van der Waals surface area contributed by atoms with Crippen LogP contribution < -0.4 is 11.1 Å². The summed E-state index contributed by atoms with van der Waals surface area (Å²) in [5, 5.41) is 3.20. The van der Waals surface area contributed by atoms with E-state index < -0.39 is 15.9 Å². The first-order valence-corrected chi connectivity index (χ1v) is 11.2. The summed E-state index contributed by atoms with van der Waals surface area (Å²) in [7, 11) is -3.52. The molecule has 154 valence electrons. The van der Waals surface area contributed by atoms with Gasteiger partial charge in [-0.1, -0.05) is 35.9 Å². The molecule has 29 heavy (non-hydrogen) atoms. The summed E-state index contributed by atoms with van der Waals surface area (Å²) in [5.74, 6) is -1.24. The van der Waals surface area contributed by atoms with Crippen molar-refractivity contribution in [2.24, 2.45) is 11.7 Å². The molecule has 0 unspecified atom stereocenters. The summed E-state index contributed by atoms with van der Waals surface area (Å²) < 4.78 is 26.8. The van der Waals surface area contributed by atoms with E-state index in [1.54, 1.807) is 42.5 Å². The molecule has 1 fully saturated rings. The van der Waals surface area contributed by atoms with Crippen molar-refractivity contribution < 1.29 is 18.0 Å². The number of benzene rings is 2. The first kappa shape index (κ1) is 21.3. The lowest BCUT2D eigenvalue weighted by molar-refractivity contribution is -0.120. The molecule has 1 saturated heterocycles. The van der Waals surface area contributed by atoms with Crippen LogP contribution in [0.4, 0.5) is 5.69 Å². The lowest BCUT2D eigenvalue weighted by Gasteiger charge is -2.30. The van der Waals surface area contributed by atoms with Crippen LogP contribution in [-0.2, 0) is 20.6 Å². The van der Waals surface area contributed by atoms with E-state index in [9.17, 15) is 18.0 Å². The molecule has 7 nitrogen and oxygen atoms in total. The van der Waals surface area contributed by atoms with Crippen LogP contribution in [0, 0.1) is 5.92 Å². The molecule has 1 aliphatic rings. The maximum Gasteiger partial charge on any atom is 0.248 e. The molecular formula is C20H22ClN3O4S. The second-order valence-electron chi connectivity index (χ2n) is 6.96. The van der Waals surface area contributed by atoms with Gasteiger partial charge in [-0.2, -0.15) is 0 Å². The van der Waals surface area contributed by atoms with Gasteiger partial charge in [0, 0.05) is 35.3 Å². The van der Waals surface area contributed by atoms with Crippen LogP contribution in [0.15, 0.2) is 48.5 Å². The van der Waals surface area contributed by atoms with Gasteiger partial charge in [-0.05, 0) is 42.7 Å². The maximum atomic E-state index is 12.7. The van der Waals surface area contributed by atoms with Crippen molar-refractivity contribution in [3.05, 3.63) is 64.7 Å². The Hall–Kier alpha value is -2.42. The number of anilines is 1. The van der Waals surface area contributed by atoms with E-state index in [4.69, 9.17) is 17.3 Å². The number of halogens is 1. The standard InChI is InChI=1S/C20H22ClN3O4S/c21-18-7-2-1-4-16(18)13-29(27,28)24-10-8-14(9-11-24)20(26)23-17-6-3-5-15(12-17)19(22)25/h1-7,12,14H,8-11,13H2,(H2,22,25)(H,23,26). The lowest BCUT2D eigenvalue weighted by Crippen LogP contribution is -2.41. The highest BCUT2D eigenvalue weighted by atomic mass is 35.5. The van der Waals surface area contributed by atoms with E-state index in [1.165, 1.54) is 10.4 Å². The normalized spacial score (nSPS) is 15.8. The number of carbonyl (C=O) groups is 2. The Kier molecular flexibility index (Phi) is 6.56. The van der Waals surface area contributed by atoms with Gasteiger partial charge >= 0.3 is 0 Å². The lowest BCUT2D eigenvalue weighted by atomic mass is 9.97. The third kappa shape index (κ3) is 5.35. The fourth-order valence-corrected chi connectivity index (χ4v) is 5.17. The molecule has 0 radical (unpaired) electrons. The van der Waals surface area contributed by atoms with Gasteiger partial charge < -0.3 is 11.1 Å². The van der Waals surface area contributed by atoms with E-state index >= 15 is 0 Å². The Bertz CT molecular complexity index is 1020. The molecule has 3 rings (SSSR count). The van der Waals surface area contributed by atoms with E-state index in [0.29, 0.717) is 34.7 Å². The Morgan fingerprint density at radius 2 is 1.79 bits per heavy atom. The number of primary amides is 1. The predicted molar refractivity (Wildman–Crippen MR) is 112 cm³/mol. The molecule has 0 atom stereocenters. The zero-order valence-corrected chi connectivity index (χ0v) is 17.2. The van der Waals surface area contributed by atoms with Gasteiger partial charge in [0.05, 0.1) is 5.75 Å². The highest BCUT2D eigenvalue weighted by molar-refractivity contribution is 7.88. The number of rotatable bonds is 6. The summed E-state index contributed by atoms with van der Waals surface area (Å²) >= 11 is 6.08. The van der Waals surface area contributed by atoms with Crippen molar-refractivity contribution in [1.82, 2.24) is 4.31 Å². The predicted octanol–water partition coefficient (Wildman–Crippen LogP) is 2.62. The average Bonchev–Trinajstić information content (AvgIpc) is 2.70. The number of amides is 2. The highest BCUT2D eigenvalue weighted by Gasteiger charge is 2.31. The Labute approximate surface area is 174 Å². The topological polar surface area (TPSA) is 110 Å². The van der Waals surface area contributed by atoms with Gasteiger partial charge in [0.15, 0.2) is 0 Å². The number of nitrogens with two attached hydrogens (primary N) is 1. The number of nitrogens with zero attached hydrogens (tertiary/aromatic N) is 1. The van der Waals surface area contributed by atoms with Gasteiger partial charge in [0.25, 0.3) is 0 Å². The van der Waals surface area contributed by atoms with Crippen LogP contribution in [0.2, 0.25) is 5.02 Å². The number of piperidine rings is 1.